The van der Waals surface area contributed by atoms with Crippen molar-refractivity contribution in [2.45, 2.75) is 45.2 Å². The number of hydrogen-bond donors (Lipinski definition) is 3. The van der Waals surface area contributed by atoms with Crippen molar-refractivity contribution in [1.29, 1.82) is 0 Å². The van der Waals surface area contributed by atoms with Gasteiger partial charge in [0.25, 0.3) is 0 Å². The zero-order valence-corrected chi connectivity index (χ0v) is 11.5. The lowest BCUT2D eigenvalue weighted by atomic mass is 9.81. The monoisotopic (exact) mass is 248 g/mol. The Morgan fingerprint density at radius 1 is 1.06 bits per heavy atom. The van der Waals surface area contributed by atoms with Gasteiger partial charge in [-0.15, -0.1) is 0 Å². The molecule has 0 unspecified atom stereocenters. The molecule has 0 spiro atoms. The molecule has 0 bridgehead atoms. The minimum absolute atomic E-state index is 0.0462. The Balaban J connectivity index is 2.43. The molecule has 0 aromatic heterocycles. The van der Waals surface area contributed by atoms with Crippen LogP contribution in [-0.2, 0) is 0 Å². The van der Waals surface area contributed by atoms with E-state index in [1.165, 1.54) is 5.57 Å². The van der Waals surface area contributed by atoms with E-state index < -0.39 is 0 Å². The molecule has 0 saturated carbocycles. The van der Waals surface area contributed by atoms with E-state index in [1.54, 1.807) is 12.1 Å². The number of aromatic hydroxyl groups is 2. The average molecular weight is 248 g/mol. The fourth-order valence-corrected chi connectivity index (χ4v) is 3.00. The fraction of sp³-hybridized carbons (Fsp3) is 0.467. The van der Waals surface area contributed by atoms with Crippen LogP contribution in [0, 0.1) is 0 Å². The van der Waals surface area contributed by atoms with Gasteiger partial charge in [0.1, 0.15) is 5.54 Å². The molecule has 2 rings (SSSR count). The lowest BCUT2D eigenvalue weighted by molar-refractivity contribution is -0.770. The van der Waals surface area contributed by atoms with Gasteiger partial charge in [-0.25, -0.2) is 0 Å². The molecule has 4 N–H and O–H groups in total. The van der Waals surface area contributed by atoms with Gasteiger partial charge < -0.3 is 15.5 Å². The zero-order valence-electron chi connectivity index (χ0n) is 11.5. The highest BCUT2D eigenvalue weighted by Crippen LogP contribution is 2.33. The summed E-state index contributed by atoms with van der Waals surface area (Å²) in [5.74, 6) is -0.126. The van der Waals surface area contributed by atoms with Crippen LogP contribution in [-0.4, -0.2) is 21.3 Å². The number of benzene rings is 1. The molecule has 1 aromatic rings. The number of quaternary nitrogens is 1. The predicted molar refractivity (Wildman–Crippen MR) is 72.4 cm³/mol. The minimum atomic E-state index is -0.0692. The third kappa shape index (κ3) is 2.67. The molecule has 3 nitrogen and oxygen atoms in total. The third-order valence-corrected chi connectivity index (χ3v) is 3.30. The standard InChI is InChI=1S/C15H21NO2/c1-14(2)8-11(9-15(3,4)16-14)10-5-6-12(17)13(18)7-10/h5-8,16-18H,9H2,1-4H3/p+1. The van der Waals surface area contributed by atoms with Gasteiger partial charge >= 0.3 is 0 Å². The molecule has 98 valence electrons. The van der Waals surface area contributed by atoms with E-state index in [-0.39, 0.29) is 22.6 Å². The van der Waals surface area contributed by atoms with Crippen molar-refractivity contribution in [2.24, 2.45) is 0 Å². The van der Waals surface area contributed by atoms with Gasteiger partial charge in [0.2, 0.25) is 0 Å². The summed E-state index contributed by atoms with van der Waals surface area (Å²) in [5.41, 5.74) is 2.40. The van der Waals surface area contributed by atoms with Crippen LogP contribution in [0.5, 0.6) is 11.5 Å². The molecule has 0 fully saturated rings. The van der Waals surface area contributed by atoms with Crippen LogP contribution >= 0.6 is 0 Å². The van der Waals surface area contributed by atoms with E-state index >= 15 is 0 Å². The number of phenols is 2. The van der Waals surface area contributed by atoms with Crippen molar-refractivity contribution in [2.75, 3.05) is 0 Å². The van der Waals surface area contributed by atoms with Gasteiger partial charge in [-0.3, -0.25) is 0 Å². The molecule has 0 amide bonds. The van der Waals surface area contributed by atoms with Crippen LogP contribution in [0.25, 0.3) is 5.57 Å². The summed E-state index contributed by atoms with van der Waals surface area (Å²) in [5, 5.41) is 21.3. The summed E-state index contributed by atoms with van der Waals surface area (Å²) in [6.45, 7) is 8.83. The Kier molecular flexibility index (Phi) is 2.90. The summed E-state index contributed by atoms with van der Waals surface area (Å²) in [6.07, 6.45) is 3.19. The largest absolute Gasteiger partial charge is 0.504 e. The molecule has 0 aliphatic carbocycles. The molecule has 0 atom stereocenters. The number of nitrogens with two attached hydrogens (primary N) is 1. The van der Waals surface area contributed by atoms with Crippen LogP contribution in [0.3, 0.4) is 0 Å². The molecule has 0 saturated heterocycles. The summed E-state index contributed by atoms with van der Waals surface area (Å²) in [7, 11) is 0. The highest BCUT2D eigenvalue weighted by Gasteiger charge is 2.36. The lowest BCUT2D eigenvalue weighted by Gasteiger charge is -2.37. The maximum Gasteiger partial charge on any atom is 0.157 e. The summed E-state index contributed by atoms with van der Waals surface area (Å²) in [4.78, 5) is 0. The maximum absolute atomic E-state index is 9.61. The topological polar surface area (TPSA) is 57.1 Å². The second-order valence-corrected chi connectivity index (χ2v) is 6.50. The second kappa shape index (κ2) is 4.02. The quantitative estimate of drug-likeness (QED) is 0.666. The first kappa shape index (κ1) is 13.0. The van der Waals surface area contributed by atoms with Gasteiger partial charge in [-0.05, 0) is 57.0 Å². The van der Waals surface area contributed by atoms with E-state index in [9.17, 15) is 10.2 Å². The second-order valence-electron chi connectivity index (χ2n) is 6.50. The number of rotatable bonds is 1. The van der Waals surface area contributed by atoms with Crippen molar-refractivity contribution in [3.05, 3.63) is 29.8 Å². The molecule has 0 radical (unpaired) electrons. The molecule has 1 heterocycles. The first-order valence-corrected chi connectivity index (χ1v) is 6.30. The molecular formula is C15H22NO2+. The SMILES string of the molecule is CC1(C)C=C(c2ccc(O)c(O)c2)CC(C)(C)[NH2+]1. The van der Waals surface area contributed by atoms with E-state index in [0.717, 1.165) is 12.0 Å². The average Bonchev–Trinajstić information content (AvgIpc) is 2.17. The Morgan fingerprint density at radius 3 is 2.28 bits per heavy atom. The summed E-state index contributed by atoms with van der Waals surface area (Å²) in [6, 6.07) is 5.04. The fourth-order valence-electron chi connectivity index (χ4n) is 3.00. The molecule has 1 aliphatic rings. The zero-order chi connectivity index (χ0) is 13.6. The lowest BCUT2D eigenvalue weighted by Crippen LogP contribution is -3.04. The third-order valence-electron chi connectivity index (χ3n) is 3.30. The molecular weight excluding hydrogens is 226 g/mol. The van der Waals surface area contributed by atoms with Crippen LogP contribution in [0.15, 0.2) is 24.3 Å². The summed E-state index contributed by atoms with van der Waals surface area (Å²) < 4.78 is 0. The smallest absolute Gasteiger partial charge is 0.157 e. The van der Waals surface area contributed by atoms with E-state index in [1.807, 2.05) is 6.07 Å². The number of phenolic OH excluding ortho intramolecular Hbond substituents is 2. The van der Waals surface area contributed by atoms with Crippen molar-refractivity contribution < 1.29 is 15.5 Å². The van der Waals surface area contributed by atoms with Gasteiger partial charge in [0.15, 0.2) is 11.5 Å². The van der Waals surface area contributed by atoms with E-state index in [0.29, 0.717) is 0 Å². The van der Waals surface area contributed by atoms with Crippen LogP contribution in [0.4, 0.5) is 0 Å². The van der Waals surface area contributed by atoms with Crippen molar-refractivity contribution in [3.63, 3.8) is 0 Å². The van der Waals surface area contributed by atoms with E-state index in [2.05, 4.69) is 39.1 Å². The highest BCUT2D eigenvalue weighted by atomic mass is 16.3. The Morgan fingerprint density at radius 2 is 1.72 bits per heavy atom. The first-order valence-electron chi connectivity index (χ1n) is 6.30. The van der Waals surface area contributed by atoms with Gasteiger partial charge in [0, 0.05) is 6.42 Å². The molecule has 18 heavy (non-hydrogen) atoms. The van der Waals surface area contributed by atoms with Gasteiger partial charge in [-0.1, -0.05) is 6.07 Å². The minimum Gasteiger partial charge on any atom is -0.504 e. The first-order chi connectivity index (χ1) is 8.19. The van der Waals surface area contributed by atoms with Crippen molar-refractivity contribution in [1.82, 2.24) is 0 Å². The van der Waals surface area contributed by atoms with Crippen LogP contribution in [0.2, 0.25) is 0 Å². The van der Waals surface area contributed by atoms with Crippen LogP contribution < -0.4 is 5.32 Å². The van der Waals surface area contributed by atoms with Crippen molar-refractivity contribution in [3.8, 4) is 11.5 Å². The van der Waals surface area contributed by atoms with Crippen LogP contribution in [0.1, 0.15) is 39.7 Å². The predicted octanol–water partition coefficient (Wildman–Crippen LogP) is 2.01. The Hall–Kier alpha value is -1.48. The molecule has 3 heteroatoms. The molecule has 1 aliphatic heterocycles. The maximum atomic E-state index is 9.61. The number of hydrogen-bond acceptors (Lipinski definition) is 2. The summed E-state index contributed by atoms with van der Waals surface area (Å²) >= 11 is 0. The highest BCUT2D eigenvalue weighted by molar-refractivity contribution is 5.69. The normalized spacial score (nSPS) is 21.4. The van der Waals surface area contributed by atoms with E-state index in [4.69, 9.17) is 0 Å². The van der Waals surface area contributed by atoms with Crippen molar-refractivity contribution >= 4 is 5.57 Å². The Bertz CT molecular complexity index is 501. The Labute approximate surface area is 108 Å². The molecule has 1 aromatic carbocycles. The van der Waals surface area contributed by atoms with Gasteiger partial charge in [-0.2, -0.15) is 0 Å². The van der Waals surface area contributed by atoms with Gasteiger partial charge in [0.05, 0.1) is 5.54 Å².